The van der Waals surface area contributed by atoms with Gasteiger partial charge in [0.2, 0.25) is 0 Å². The van der Waals surface area contributed by atoms with Gasteiger partial charge in [0.1, 0.15) is 4.88 Å². The molecule has 1 saturated carbocycles. The van der Waals surface area contributed by atoms with Gasteiger partial charge < -0.3 is 4.74 Å². The molecule has 0 aliphatic heterocycles. The van der Waals surface area contributed by atoms with Crippen LogP contribution in [0.2, 0.25) is 0 Å². The quantitative estimate of drug-likeness (QED) is 0.656. The van der Waals surface area contributed by atoms with Gasteiger partial charge in [-0.1, -0.05) is 0 Å². The SMILES string of the molecule is COC(=O)c1cc(C2CC2)cs1. The van der Waals surface area contributed by atoms with Gasteiger partial charge >= 0.3 is 5.97 Å². The number of thiophene rings is 1. The molecule has 0 amide bonds. The lowest BCUT2D eigenvalue weighted by Gasteiger charge is -1.91. The molecule has 2 rings (SSSR count). The van der Waals surface area contributed by atoms with E-state index in [4.69, 9.17) is 0 Å². The third kappa shape index (κ3) is 1.37. The predicted molar refractivity (Wildman–Crippen MR) is 47.6 cm³/mol. The summed E-state index contributed by atoms with van der Waals surface area (Å²) in [5.41, 5.74) is 1.31. The van der Waals surface area contributed by atoms with E-state index in [1.165, 1.54) is 36.9 Å². The summed E-state index contributed by atoms with van der Waals surface area (Å²) in [6, 6.07) is 1.95. The van der Waals surface area contributed by atoms with E-state index in [9.17, 15) is 4.79 Å². The maximum Gasteiger partial charge on any atom is 0.348 e. The van der Waals surface area contributed by atoms with Gasteiger partial charge in [-0.05, 0) is 35.8 Å². The zero-order valence-electron chi connectivity index (χ0n) is 6.87. The van der Waals surface area contributed by atoms with Gasteiger partial charge in [0.25, 0.3) is 0 Å². The Morgan fingerprint density at radius 2 is 2.42 bits per heavy atom. The predicted octanol–water partition coefficient (Wildman–Crippen LogP) is 2.41. The van der Waals surface area contributed by atoms with E-state index in [0.717, 1.165) is 10.8 Å². The highest BCUT2D eigenvalue weighted by atomic mass is 32.1. The van der Waals surface area contributed by atoms with Gasteiger partial charge in [-0.15, -0.1) is 11.3 Å². The third-order valence-corrected chi connectivity index (χ3v) is 2.98. The van der Waals surface area contributed by atoms with Crippen molar-refractivity contribution in [1.82, 2.24) is 0 Å². The molecule has 1 fully saturated rings. The molecule has 1 heterocycles. The van der Waals surface area contributed by atoms with Crippen LogP contribution in [-0.4, -0.2) is 13.1 Å². The highest BCUT2D eigenvalue weighted by Gasteiger charge is 2.25. The molecule has 0 bridgehead atoms. The number of carbonyl (C=O) groups is 1. The van der Waals surface area contributed by atoms with Crippen molar-refractivity contribution in [2.45, 2.75) is 18.8 Å². The number of hydrogen-bond acceptors (Lipinski definition) is 3. The van der Waals surface area contributed by atoms with Crippen molar-refractivity contribution < 1.29 is 9.53 Å². The number of esters is 1. The van der Waals surface area contributed by atoms with Gasteiger partial charge in [-0.2, -0.15) is 0 Å². The van der Waals surface area contributed by atoms with Crippen molar-refractivity contribution in [2.24, 2.45) is 0 Å². The maximum atomic E-state index is 11.1. The topological polar surface area (TPSA) is 26.3 Å². The van der Waals surface area contributed by atoms with E-state index in [0.29, 0.717) is 0 Å². The number of rotatable bonds is 2. The lowest BCUT2D eigenvalue weighted by molar-refractivity contribution is 0.0606. The van der Waals surface area contributed by atoms with Crippen molar-refractivity contribution in [2.75, 3.05) is 7.11 Å². The van der Waals surface area contributed by atoms with Crippen molar-refractivity contribution in [3.63, 3.8) is 0 Å². The van der Waals surface area contributed by atoms with Crippen LogP contribution in [0, 0.1) is 0 Å². The molecule has 12 heavy (non-hydrogen) atoms. The van der Waals surface area contributed by atoms with Gasteiger partial charge in [0, 0.05) is 0 Å². The Hall–Kier alpha value is -0.830. The molecule has 1 aromatic heterocycles. The van der Waals surface area contributed by atoms with Crippen LogP contribution >= 0.6 is 11.3 Å². The molecule has 1 aliphatic rings. The number of ether oxygens (including phenoxy) is 1. The fourth-order valence-corrected chi connectivity index (χ4v) is 2.10. The Balaban J connectivity index is 2.17. The maximum absolute atomic E-state index is 11.1. The second-order valence-electron chi connectivity index (χ2n) is 3.01. The Kier molecular flexibility index (Phi) is 1.89. The third-order valence-electron chi connectivity index (χ3n) is 2.06. The fraction of sp³-hybridized carbons (Fsp3) is 0.444. The number of hydrogen-bond donors (Lipinski definition) is 0. The molecular formula is C9H10O2S. The van der Waals surface area contributed by atoms with Crippen LogP contribution in [-0.2, 0) is 4.74 Å². The standard InChI is InChI=1S/C9H10O2S/c1-11-9(10)8-4-7(5-12-8)6-2-3-6/h4-6H,2-3H2,1H3. The average Bonchev–Trinajstić information content (AvgIpc) is 2.83. The summed E-state index contributed by atoms with van der Waals surface area (Å²) < 4.78 is 4.62. The fourth-order valence-electron chi connectivity index (χ4n) is 1.19. The molecule has 64 valence electrons. The molecule has 1 aliphatic carbocycles. The van der Waals surface area contributed by atoms with E-state index < -0.39 is 0 Å². The molecule has 0 aromatic carbocycles. The molecule has 0 saturated heterocycles. The summed E-state index contributed by atoms with van der Waals surface area (Å²) in [6.45, 7) is 0. The molecule has 2 nitrogen and oxygen atoms in total. The highest BCUT2D eigenvalue weighted by Crippen LogP contribution is 2.41. The monoisotopic (exact) mass is 182 g/mol. The first-order valence-electron chi connectivity index (χ1n) is 3.98. The Bertz CT molecular complexity index is 299. The first-order valence-corrected chi connectivity index (χ1v) is 4.86. The Morgan fingerprint density at radius 3 is 3.00 bits per heavy atom. The second kappa shape index (κ2) is 2.90. The Labute approximate surface area is 75.2 Å². The Morgan fingerprint density at radius 1 is 1.67 bits per heavy atom. The molecular weight excluding hydrogens is 172 g/mol. The lowest BCUT2D eigenvalue weighted by Crippen LogP contribution is -1.96. The van der Waals surface area contributed by atoms with Gasteiger partial charge in [-0.25, -0.2) is 4.79 Å². The normalized spacial score (nSPS) is 16.1. The lowest BCUT2D eigenvalue weighted by atomic mass is 10.2. The summed E-state index contributed by atoms with van der Waals surface area (Å²) in [5.74, 6) is 0.506. The largest absolute Gasteiger partial charge is 0.465 e. The average molecular weight is 182 g/mol. The highest BCUT2D eigenvalue weighted by molar-refractivity contribution is 7.12. The molecule has 3 heteroatoms. The minimum absolute atomic E-state index is 0.216. The molecule has 0 N–H and O–H groups in total. The van der Waals surface area contributed by atoms with Gasteiger partial charge in [0.05, 0.1) is 7.11 Å². The first kappa shape index (κ1) is 7.80. The summed E-state index contributed by atoms with van der Waals surface area (Å²) in [6.07, 6.45) is 2.55. The van der Waals surface area contributed by atoms with Gasteiger partial charge in [0.15, 0.2) is 0 Å². The van der Waals surface area contributed by atoms with Crippen LogP contribution in [0.1, 0.15) is 34.0 Å². The van der Waals surface area contributed by atoms with Crippen molar-refractivity contribution >= 4 is 17.3 Å². The van der Waals surface area contributed by atoms with Gasteiger partial charge in [-0.3, -0.25) is 0 Å². The smallest absolute Gasteiger partial charge is 0.348 e. The van der Waals surface area contributed by atoms with Crippen LogP contribution in [0.4, 0.5) is 0 Å². The minimum Gasteiger partial charge on any atom is -0.465 e. The molecule has 0 unspecified atom stereocenters. The van der Waals surface area contributed by atoms with Crippen LogP contribution in [0.3, 0.4) is 0 Å². The second-order valence-corrected chi connectivity index (χ2v) is 3.92. The van der Waals surface area contributed by atoms with Crippen molar-refractivity contribution in [1.29, 1.82) is 0 Å². The van der Waals surface area contributed by atoms with E-state index in [1.807, 2.05) is 6.07 Å². The molecule has 0 radical (unpaired) electrons. The van der Waals surface area contributed by atoms with Crippen molar-refractivity contribution in [3.8, 4) is 0 Å². The van der Waals surface area contributed by atoms with E-state index in [2.05, 4.69) is 10.1 Å². The van der Waals surface area contributed by atoms with Crippen molar-refractivity contribution in [3.05, 3.63) is 21.9 Å². The van der Waals surface area contributed by atoms with Crippen LogP contribution < -0.4 is 0 Å². The van der Waals surface area contributed by atoms with Crippen LogP contribution in [0.25, 0.3) is 0 Å². The summed E-state index contributed by atoms with van der Waals surface area (Å²) in [5, 5.41) is 2.06. The van der Waals surface area contributed by atoms with E-state index >= 15 is 0 Å². The summed E-state index contributed by atoms with van der Waals surface area (Å²) in [7, 11) is 1.42. The zero-order valence-corrected chi connectivity index (χ0v) is 7.69. The number of methoxy groups -OCH3 is 1. The summed E-state index contributed by atoms with van der Waals surface area (Å²) in [4.78, 5) is 11.8. The van der Waals surface area contributed by atoms with Crippen LogP contribution in [0.5, 0.6) is 0 Å². The first-order chi connectivity index (χ1) is 5.81. The van der Waals surface area contributed by atoms with Crippen LogP contribution in [0.15, 0.2) is 11.4 Å². The van der Waals surface area contributed by atoms with E-state index in [-0.39, 0.29) is 5.97 Å². The van der Waals surface area contributed by atoms with E-state index in [1.54, 1.807) is 0 Å². The minimum atomic E-state index is -0.216. The number of carbonyl (C=O) groups excluding carboxylic acids is 1. The molecule has 0 spiro atoms. The zero-order chi connectivity index (χ0) is 8.55. The molecule has 1 aromatic rings. The summed E-state index contributed by atoms with van der Waals surface area (Å²) >= 11 is 1.48. The molecule has 0 atom stereocenters.